The number of aliphatic hydroxyl groups is 1. The summed E-state index contributed by atoms with van der Waals surface area (Å²) in [5, 5.41) is 11.9. The number of piperidine rings is 1. The average Bonchev–Trinajstić information content (AvgIpc) is 2.77. The highest BCUT2D eigenvalue weighted by molar-refractivity contribution is 5.33. The van der Waals surface area contributed by atoms with Crippen LogP contribution in [0.5, 0.6) is 5.75 Å². The number of likely N-dealkylation sites (tertiary alicyclic amines) is 1. The molecule has 0 spiro atoms. The zero-order valence-corrected chi connectivity index (χ0v) is 17.6. The third-order valence-electron chi connectivity index (χ3n) is 6.63. The van der Waals surface area contributed by atoms with E-state index < -0.39 is 5.60 Å². The second kappa shape index (κ2) is 8.84. The fourth-order valence-electron chi connectivity index (χ4n) is 4.81. The summed E-state index contributed by atoms with van der Waals surface area (Å²) in [6.07, 6.45) is 0.739. The lowest BCUT2D eigenvalue weighted by molar-refractivity contribution is -0.108. The molecule has 0 bridgehead atoms. The molecule has 0 radical (unpaired) electrons. The maximum absolute atomic E-state index is 11.9. The number of para-hydroxylation sites is 1. The van der Waals surface area contributed by atoms with Gasteiger partial charge >= 0.3 is 0 Å². The molecule has 2 aliphatic rings. The van der Waals surface area contributed by atoms with E-state index in [-0.39, 0.29) is 6.04 Å². The molecule has 4 rings (SSSR count). The highest BCUT2D eigenvalue weighted by atomic mass is 16.5. The molecule has 2 fully saturated rings. The molecular weight excluding hydrogens is 362 g/mol. The smallest absolute Gasteiger partial charge is 0.123 e. The van der Waals surface area contributed by atoms with Crippen molar-refractivity contribution in [2.45, 2.75) is 24.6 Å². The molecule has 2 atom stereocenters. The van der Waals surface area contributed by atoms with Gasteiger partial charge in [0.15, 0.2) is 0 Å². The van der Waals surface area contributed by atoms with Gasteiger partial charge in [-0.25, -0.2) is 0 Å². The van der Waals surface area contributed by atoms with Gasteiger partial charge in [0.2, 0.25) is 0 Å². The minimum absolute atomic E-state index is 0.0852. The van der Waals surface area contributed by atoms with Crippen LogP contribution in [-0.2, 0) is 12.1 Å². The lowest BCUT2D eigenvalue weighted by Gasteiger charge is -2.51. The normalized spacial score (nSPS) is 27.1. The van der Waals surface area contributed by atoms with Gasteiger partial charge in [-0.1, -0.05) is 48.5 Å². The molecule has 156 valence electrons. The number of rotatable bonds is 5. The number of benzene rings is 2. The Morgan fingerprint density at radius 3 is 2.38 bits per heavy atom. The van der Waals surface area contributed by atoms with E-state index in [4.69, 9.17) is 4.74 Å². The van der Waals surface area contributed by atoms with Crippen molar-refractivity contribution in [1.29, 1.82) is 0 Å². The monoisotopic (exact) mass is 395 g/mol. The topological polar surface area (TPSA) is 39.2 Å². The SMILES string of the molecule is COc1ccccc1CN1CC[C@](O)(c2ccccc2)[C@H](N2CCN(C)CC2)C1. The minimum atomic E-state index is -0.811. The van der Waals surface area contributed by atoms with E-state index in [0.717, 1.165) is 63.5 Å². The van der Waals surface area contributed by atoms with Crippen molar-refractivity contribution in [2.24, 2.45) is 0 Å². The highest BCUT2D eigenvalue weighted by Crippen LogP contribution is 2.37. The number of likely N-dealkylation sites (N-methyl/N-ethyl adjacent to an activating group) is 1. The quantitative estimate of drug-likeness (QED) is 0.842. The molecule has 1 N–H and O–H groups in total. The maximum atomic E-state index is 11.9. The fraction of sp³-hybridized carbons (Fsp3) is 0.500. The number of ether oxygens (including phenoxy) is 1. The highest BCUT2D eigenvalue weighted by Gasteiger charge is 2.46. The van der Waals surface area contributed by atoms with Crippen LogP contribution in [0, 0.1) is 0 Å². The number of hydrogen-bond acceptors (Lipinski definition) is 5. The summed E-state index contributed by atoms with van der Waals surface area (Å²) in [6, 6.07) is 18.6. The molecule has 5 nitrogen and oxygen atoms in total. The summed E-state index contributed by atoms with van der Waals surface area (Å²) in [5.74, 6) is 0.938. The Morgan fingerprint density at radius 1 is 0.966 bits per heavy atom. The number of hydrogen-bond donors (Lipinski definition) is 1. The molecule has 2 saturated heterocycles. The zero-order valence-electron chi connectivity index (χ0n) is 17.6. The van der Waals surface area contributed by atoms with Crippen LogP contribution < -0.4 is 4.74 Å². The van der Waals surface area contributed by atoms with Crippen LogP contribution in [-0.4, -0.2) is 79.3 Å². The molecule has 2 aromatic rings. The molecule has 5 heteroatoms. The molecule has 2 aromatic carbocycles. The van der Waals surface area contributed by atoms with E-state index >= 15 is 0 Å². The van der Waals surface area contributed by atoms with Crippen molar-refractivity contribution >= 4 is 0 Å². The van der Waals surface area contributed by atoms with Gasteiger partial charge in [-0.3, -0.25) is 9.80 Å². The van der Waals surface area contributed by atoms with Gasteiger partial charge < -0.3 is 14.7 Å². The molecule has 0 amide bonds. The Hall–Kier alpha value is -1.92. The molecule has 0 aromatic heterocycles. The van der Waals surface area contributed by atoms with E-state index in [9.17, 15) is 5.11 Å². The Bertz CT molecular complexity index is 792. The van der Waals surface area contributed by atoms with Gasteiger partial charge in [0.1, 0.15) is 11.4 Å². The number of piperazine rings is 1. The third-order valence-corrected chi connectivity index (χ3v) is 6.63. The van der Waals surface area contributed by atoms with Crippen LogP contribution in [0.25, 0.3) is 0 Å². The Balaban J connectivity index is 1.58. The summed E-state index contributed by atoms with van der Waals surface area (Å²) in [6.45, 7) is 6.67. The van der Waals surface area contributed by atoms with Crippen LogP contribution in [0.1, 0.15) is 17.5 Å². The van der Waals surface area contributed by atoms with Crippen molar-refractivity contribution in [2.75, 3.05) is 53.4 Å². The zero-order chi connectivity index (χ0) is 20.3. The molecule has 2 aliphatic heterocycles. The molecule has 29 heavy (non-hydrogen) atoms. The summed E-state index contributed by atoms with van der Waals surface area (Å²) >= 11 is 0. The minimum Gasteiger partial charge on any atom is -0.496 e. The lowest BCUT2D eigenvalue weighted by atomic mass is 9.79. The molecule has 2 heterocycles. The standard InChI is InChI=1S/C24H33N3O2/c1-25-14-16-27(17-15-25)23-19-26(18-20-8-6-7-11-22(20)29-2)13-12-24(23,28)21-9-4-3-5-10-21/h3-11,23,28H,12-19H2,1-2H3/t23-,24+/m1/s1. The van der Waals surface area contributed by atoms with Gasteiger partial charge in [-0.05, 0) is 25.1 Å². The van der Waals surface area contributed by atoms with E-state index in [1.165, 1.54) is 5.56 Å². The van der Waals surface area contributed by atoms with Crippen LogP contribution in [0.15, 0.2) is 54.6 Å². The van der Waals surface area contributed by atoms with Crippen LogP contribution in [0.2, 0.25) is 0 Å². The summed E-state index contributed by atoms with van der Waals surface area (Å²) in [7, 11) is 3.91. The predicted molar refractivity (Wildman–Crippen MR) is 116 cm³/mol. The number of nitrogens with zero attached hydrogens (tertiary/aromatic N) is 3. The van der Waals surface area contributed by atoms with Crippen molar-refractivity contribution < 1.29 is 9.84 Å². The van der Waals surface area contributed by atoms with E-state index in [0.29, 0.717) is 0 Å². The van der Waals surface area contributed by atoms with Crippen LogP contribution in [0.3, 0.4) is 0 Å². The Kier molecular flexibility index (Phi) is 6.20. The van der Waals surface area contributed by atoms with E-state index in [1.54, 1.807) is 7.11 Å². The second-order valence-electron chi connectivity index (χ2n) is 8.44. The van der Waals surface area contributed by atoms with Crippen molar-refractivity contribution in [3.8, 4) is 5.75 Å². The van der Waals surface area contributed by atoms with Gasteiger partial charge in [0.05, 0.1) is 13.2 Å². The van der Waals surface area contributed by atoms with Gasteiger partial charge in [0.25, 0.3) is 0 Å². The summed E-state index contributed by atoms with van der Waals surface area (Å²) < 4.78 is 5.56. The molecule has 0 aliphatic carbocycles. The Morgan fingerprint density at radius 2 is 1.66 bits per heavy atom. The summed E-state index contributed by atoms with van der Waals surface area (Å²) in [4.78, 5) is 7.34. The molecular formula is C24H33N3O2. The Labute approximate surface area is 174 Å². The van der Waals surface area contributed by atoms with Gasteiger partial charge in [0, 0.05) is 51.4 Å². The van der Waals surface area contributed by atoms with Crippen LogP contribution >= 0.6 is 0 Å². The first kappa shape index (κ1) is 20.4. The fourth-order valence-corrected chi connectivity index (χ4v) is 4.81. The first-order chi connectivity index (χ1) is 14.1. The van der Waals surface area contributed by atoms with Crippen molar-refractivity contribution in [1.82, 2.24) is 14.7 Å². The number of methoxy groups -OCH3 is 1. The van der Waals surface area contributed by atoms with Crippen LogP contribution in [0.4, 0.5) is 0 Å². The van der Waals surface area contributed by atoms with E-state index in [2.05, 4.69) is 46.0 Å². The van der Waals surface area contributed by atoms with Crippen molar-refractivity contribution in [3.63, 3.8) is 0 Å². The molecule has 0 saturated carbocycles. The largest absolute Gasteiger partial charge is 0.496 e. The molecule has 0 unspecified atom stereocenters. The van der Waals surface area contributed by atoms with Gasteiger partial charge in [-0.15, -0.1) is 0 Å². The average molecular weight is 396 g/mol. The van der Waals surface area contributed by atoms with Crippen molar-refractivity contribution in [3.05, 3.63) is 65.7 Å². The summed E-state index contributed by atoms with van der Waals surface area (Å²) in [5.41, 5.74) is 1.44. The first-order valence-corrected chi connectivity index (χ1v) is 10.6. The second-order valence-corrected chi connectivity index (χ2v) is 8.44. The van der Waals surface area contributed by atoms with E-state index in [1.807, 2.05) is 30.3 Å². The third kappa shape index (κ3) is 4.33. The maximum Gasteiger partial charge on any atom is 0.123 e. The predicted octanol–water partition coefficient (Wildman–Crippen LogP) is 2.40. The van der Waals surface area contributed by atoms with Gasteiger partial charge in [-0.2, -0.15) is 0 Å². The lowest BCUT2D eigenvalue weighted by Crippen LogP contribution is -2.63. The first-order valence-electron chi connectivity index (χ1n) is 10.6.